The van der Waals surface area contributed by atoms with Crippen LogP contribution in [0.5, 0.6) is 0 Å². The van der Waals surface area contributed by atoms with Crippen molar-refractivity contribution in [1.82, 2.24) is 4.90 Å². The Kier molecular flexibility index (Phi) is 7.14. The fourth-order valence-corrected chi connectivity index (χ4v) is 1.96. The second-order valence-corrected chi connectivity index (χ2v) is 4.96. The first-order chi connectivity index (χ1) is 10.8. The molecule has 0 saturated carbocycles. The topological polar surface area (TPSA) is 110 Å². The molecule has 126 valence electrons. The van der Waals surface area contributed by atoms with Crippen LogP contribution in [0.3, 0.4) is 0 Å². The lowest BCUT2D eigenvalue weighted by Crippen LogP contribution is -2.38. The van der Waals surface area contributed by atoms with E-state index in [0.29, 0.717) is 0 Å². The first-order valence-corrected chi connectivity index (χ1v) is 7.22. The summed E-state index contributed by atoms with van der Waals surface area (Å²) in [5.41, 5.74) is 0.134. The number of rotatable bonds is 8. The summed E-state index contributed by atoms with van der Waals surface area (Å²) in [5.74, 6) is -0.843. The van der Waals surface area contributed by atoms with Crippen molar-refractivity contribution in [3.63, 3.8) is 0 Å². The van der Waals surface area contributed by atoms with Crippen LogP contribution < -0.4 is 0 Å². The zero-order valence-corrected chi connectivity index (χ0v) is 13.1. The van der Waals surface area contributed by atoms with E-state index in [1.165, 1.54) is 36.1 Å². The van der Waals surface area contributed by atoms with Crippen molar-refractivity contribution in [2.24, 2.45) is 0 Å². The summed E-state index contributed by atoms with van der Waals surface area (Å²) < 4.78 is 4.81. The number of nitrogens with zero attached hydrogens (tertiary/aromatic N) is 2. The van der Waals surface area contributed by atoms with Crippen molar-refractivity contribution in [1.29, 1.82) is 0 Å². The lowest BCUT2D eigenvalue weighted by Gasteiger charge is -2.23. The van der Waals surface area contributed by atoms with Crippen LogP contribution in [0.15, 0.2) is 24.3 Å². The Bertz CT molecular complexity index is 556. The number of esters is 1. The van der Waals surface area contributed by atoms with Crippen molar-refractivity contribution in [2.45, 2.75) is 26.4 Å². The molecule has 0 saturated heterocycles. The van der Waals surface area contributed by atoms with Gasteiger partial charge < -0.3 is 14.7 Å². The van der Waals surface area contributed by atoms with Gasteiger partial charge in [-0.15, -0.1) is 0 Å². The largest absolute Gasteiger partial charge is 0.466 e. The number of nitro benzene ring substituents is 1. The highest BCUT2D eigenvalue weighted by Gasteiger charge is 2.19. The van der Waals surface area contributed by atoms with Crippen LogP contribution in [0.25, 0.3) is 0 Å². The quantitative estimate of drug-likeness (QED) is 0.439. The lowest BCUT2D eigenvalue weighted by atomic mass is 10.1. The number of carbonyl (C=O) groups excluding carboxylic acids is 2. The van der Waals surface area contributed by atoms with Crippen LogP contribution >= 0.6 is 0 Å². The predicted molar refractivity (Wildman–Crippen MR) is 81.9 cm³/mol. The molecule has 0 bridgehead atoms. The zero-order valence-electron chi connectivity index (χ0n) is 13.1. The number of aliphatic hydroxyl groups excluding tert-OH is 1. The van der Waals surface area contributed by atoms with Gasteiger partial charge in [0.15, 0.2) is 0 Å². The minimum atomic E-state index is -0.765. The summed E-state index contributed by atoms with van der Waals surface area (Å²) in [7, 11) is 0. The lowest BCUT2D eigenvalue weighted by molar-refractivity contribution is -0.384. The Labute approximate surface area is 133 Å². The third-order valence-corrected chi connectivity index (χ3v) is 2.99. The molecule has 0 aliphatic heterocycles. The molecule has 0 fully saturated rings. The molecule has 0 aromatic heterocycles. The van der Waals surface area contributed by atoms with E-state index < -0.39 is 22.9 Å². The van der Waals surface area contributed by atoms with Crippen molar-refractivity contribution in [2.75, 3.05) is 19.7 Å². The Hall–Kier alpha value is -2.48. The number of carbonyl (C=O) groups is 2. The highest BCUT2D eigenvalue weighted by atomic mass is 16.6. The third-order valence-electron chi connectivity index (χ3n) is 2.99. The molecule has 1 atom stereocenters. The molecule has 1 N–H and O–H groups in total. The first kappa shape index (κ1) is 18.6. The van der Waals surface area contributed by atoms with Crippen LogP contribution in [0.1, 0.15) is 30.6 Å². The van der Waals surface area contributed by atoms with Crippen LogP contribution in [-0.4, -0.2) is 52.6 Å². The Morgan fingerprint density at radius 2 is 1.96 bits per heavy atom. The van der Waals surface area contributed by atoms with E-state index in [-0.39, 0.29) is 37.4 Å². The molecule has 1 aromatic carbocycles. The standard InChI is InChI=1S/C15H20N2O6/c1-3-23-14(19)8-9-16(10-11(2)18)15(20)12-4-6-13(7-5-12)17(21)22/h4-7,11,18H,3,8-10H2,1-2H3. The van der Waals surface area contributed by atoms with Crippen LogP contribution in [0.2, 0.25) is 0 Å². The van der Waals surface area contributed by atoms with Gasteiger partial charge in [0.2, 0.25) is 0 Å². The molecule has 1 unspecified atom stereocenters. The second kappa shape index (κ2) is 8.84. The molecule has 8 heteroatoms. The molecule has 0 spiro atoms. The van der Waals surface area contributed by atoms with Gasteiger partial charge in [-0.2, -0.15) is 0 Å². The summed E-state index contributed by atoms with van der Waals surface area (Å²) >= 11 is 0. The highest BCUT2D eigenvalue weighted by Crippen LogP contribution is 2.14. The highest BCUT2D eigenvalue weighted by molar-refractivity contribution is 5.94. The van der Waals surface area contributed by atoms with Crippen LogP contribution in [0, 0.1) is 10.1 Å². The molecule has 0 aliphatic carbocycles. The third kappa shape index (κ3) is 6.03. The molecule has 0 aliphatic rings. The molecule has 1 aromatic rings. The van der Waals surface area contributed by atoms with Gasteiger partial charge in [-0.05, 0) is 26.0 Å². The van der Waals surface area contributed by atoms with E-state index in [1.54, 1.807) is 6.92 Å². The average molecular weight is 324 g/mol. The van der Waals surface area contributed by atoms with Gasteiger partial charge in [-0.3, -0.25) is 19.7 Å². The molecule has 8 nitrogen and oxygen atoms in total. The number of hydrogen-bond acceptors (Lipinski definition) is 6. The van der Waals surface area contributed by atoms with Crippen molar-refractivity contribution in [3.8, 4) is 0 Å². The SMILES string of the molecule is CCOC(=O)CCN(CC(C)O)C(=O)c1ccc([N+](=O)[O-])cc1. The summed E-state index contributed by atoms with van der Waals surface area (Å²) in [6, 6.07) is 5.16. The Balaban J connectivity index is 2.81. The molecule has 1 rings (SSSR count). The molecular weight excluding hydrogens is 304 g/mol. The van der Waals surface area contributed by atoms with Gasteiger partial charge in [0.25, 0.3) is 11.6 Å². The number of amides is 1. The normalized spacial score (nSPS) is 11.6. The number of ether oxygens (including phenoxy) is 1. The molecule has 23 heavy (non-hydrogen) atoms. The van der Waals surface area contributed by atoms with E-state index in [0.717, 1.165) is 0 Å². The van der Waals surface area contributed by atoms with Gasteiger partial charge in [0.05, 0.1) is 24.1 Å². The molecule has 1 amide bonds. The van der Waals surface area contributed by atoms with E-state index in [9.17, 15) is 24.8 Å². The fourth-order valence-electron chi connectivity index (χ4n) is 1.96. The number of nitro groups is 1. The monoisotopic (exact) mass is 324 g/mol. The summed E-state index contributed by atoms with van der Waals surface area (Å²) in [4.78, 5) is 35.2. The number of hydrogen-bond donors (Lipinski definition) is 1. The summed E-state index contributed by atoms with van der Waals surface area (Å²) in [6.07, 6.45) is -0.751. The van der Waals surface area contributed by atoms with E-state index in [4.69, 9.17) is 4.74 Å². The smallest absolute Gasteiger partial charge is 0.307 e. The van der Waals surface area contributed by atoms with Crippen molar-refractivity contribution >= 4 is 17.6 Å². The maximum absolute atomic E-state index is 12.4. The van der Waals surface area contributed by atoms with Crippen LogP contribution in [0.4, 0.5) is 5.69 Å². The average Bonchev–Trinajstić information content (AvgIpc) is 2.50. The zero-order chi connectivity index (χ0) is 17.4. The fraction of sp³-hybridized carbons (Fsp3) is 0.467. The Morgan fingerprint density at radius 3 is 2.43 bits per heavy atom. The minimum absolute atomic E-state index is 0.0132. The van der Waals surface area contributed by atoms with Gasteiger partial charge in [-0.1, -0.05) is 0 Å². The Morgan fingerprint density at radius 1 is 1.35 bits per heavy atom. The maximum Gasteiger partial charge on any atom is 0.307 e. The predicted octanol–water partition coefficient (Wildman–Crippen LogP) is 1.37. The van der Waals surface area contributed by atoms with Gasteiger partial charge in [0, 0.05) is 30.8 Å². The molecule has 0 radical (unpaired) electrons. The molecular formula is C15H20N2O6. The van der Waals surface area contributed by atoms with Gasteiger partial charge >= 0.3 is 5.97 Å². The van der Waals surface area contributed by atoms with Crippen LogP contribution in [-0.2, 0) is 9.53 Å². The summed E-state index contributed by atoms with van der Waals surface area (Å²) in [5, 5.41) is 20.1. The first-order valence-electron chi connectivity index (χ1n) is 7.22. The minimum Gasteiger partial charge on any atom is -0.466 e. The number of benzene rings is 1. The summed E-state index contributed by atoms with van der Waals surface area (Å²) in [6.45, 7) is 3.62. The van der Waals surface area contributed by atoms with E-state index in [2.05, 4.69) is 0 Å². The second-order valence-electron chi connectivity index (χ2n) is 4.96. The van der Waals surface area contributed by atoms with Crippen molar-refractivity contribution in [3.05, 3.63) is 39.9 Å². The van der Waals surface area contributed by atoms with Gasteiger partial charge in [0.1, 0.15) is 0 Å². The number of non-ortho nitro benzene ring substituents is 1. The van der Waals surface area contributed by atoms with E-state index >= 15 is 0 Å². The van der Waals surface area contributed by atoms with E-state index in [1.807, 2.05) is 0 Å². The van der Waals surface area contributed by atoms with Gasteiger partial charge in [-0.25, -0.2) is 0 Å². The maximum atomic E-state index is 12.4. The molecule has 0 heterocycles. The number of aliphatic hydroxyl groups is 1. The van der Waals surface area contributed by atoms with Crippen molar-refractivity contribution < 1.29 is 24.4 Å².